The van der Waals surface area contributed by atoms with E-state index in [1.54, 1.807) is 0 Å². The Labute approximate surface area is 95.2 Å². The molecule has 17 heavy (non-hydrogen) atoms. The predicted octanol–water partition coefficient (Wildman–Crippen LogP) is 2.74. The fourth-order valence-corrected chi connectivity index (χ4v) is 1.39. The van der Waals surface area contributed by atoms with Crippen molar-refractivity contribution in [3.8, 4) is 5.75 Å². The van der Waals surface area contributed by atoms with Gasteiger partial charge in [0.15, 0.2) is 5.78 Å². The Morgan fingerprint density at radius 2 is 2.06 bits per heavy atom. The third-order valence-corrected chi connectivity index (χ3v) is 2.15. The molecule has 0 heterocycles. The number of nitro groups is 1. The van der Waals surface area contributed by atoms with Crippen molar-refractivity contribution in [1.82, 2.24) is 0 Å². The second-order valence-corrected chi connectivity index (χ2v) is 3.23. The number of Topliss-reactive ketones (excluding diaryl/α,β-unsaturated/α-hetero) is 1. The van der Waals surface area contributed by atoms with Gasteiger partial charge in [-0.25, -0.2) is 8.78 Å². The molecule has 0 bridgehead atoms. The predicted molar refractivity (Wildman–Crippen MR) is 54.6 cm³/mol. The number of hydrogen-bond donors (Lipinski definition) is 0. The Hall–Kier alpha value is -2.05. The molecule has 0 spiro atoms. The molecule has 1 rings (SSSR count). The van der Waals surface area contributed by atoms with Crippen LogP contribution < -0.4 is 4.74 Å². The van der Waals surface area contributed by atoms with Gasteiger partial charge in [-0.3, -0.25) is 14.9 Å². The normalized spacial score (nSPS) is 10.4. The number of rotatable bonds is 4. The summed E-state index contributed by atoms with van der Waals surface area (Å²) in [4.78, 5) is 21.0. The molecule has 1 aromatic rings. The van der Waals surface area contributed by atoms with Gasteiger partial charge in [-0.1, -0.05) is 0 Å². The van der Waals surface area contributed by atoms with Gasteiger partial charge in [0.25, 0.3) is 12.1 Å². The molecular weight excluding hydrogens is 236 g/mol. The second-order valence-electron chi connectivity index (χ2n) is 3.23. The lowest BCUT2D eigenvalue weighted by molar-refractivity contribution is -0.386. The standard InChI is InChI=1S/C10H9F2NO4/c1-5(14)7-3-6(17-2)4-8(10(11)12)9(7)13(15)16/h3-4,10H,1-2H3. The first kappa shape index (κ1) is 13.0. The Morgan fingerprint density at radius 3 is 2.41 bits per heavy atom. The molecule has 92 valence electrons. The van der Waals surface area contributed by atoms with Crippen LogP contribution in [-0.2, 0) is 0 Å². The number of carbonyl (C=O) groups is 1. The van der Waals surface area contributed by atoms with Crippen molar-refractivity contribution in [2.45, 2.75) is 13.3 Å². The van der Waals surface area contributed by atoms with E-state index in [0.29, 0.717) is 0 Å². The van der Waals surface area contributed by atoms with E-state index in [1.807, 2.05) is 0 Å². The van der Waals surface area contributed by atoms with Crippen LogP contribution in [0.4, 0.5) is 14.5 Å². The van der Waals surface area contributed by atoms with Crippen molar-refractivity contribution in [3.63, 3.8) is 0 Å². The molecule has 0 radical (unpaired) electrons. The van der Waals surface area contributed by atoms with E-state index in [-0.39, 0.29) is 11.3 Å². The molecule has 1 aromatic carbocycles. The minimum absolute atomic E-state index is 0.0175. The minimum atomic E-state index is -3.05. The summed E-state index contributed by atoms with van der Waals surface area (Å²) in [6.45, 7) is 1.07. The summed E-state index contributed by atoms with van der Waals surface area (Å²) < 4.78 is 30.1. The molecule has 7 heteroatoms. The number of benzene rings is 1. The van der Waals surface area contributed by atoms with Crippen molar-refractivity contribution in [1.29, 1.82) is 0 Å². The third-order valence-electron chi connectivity index (χ3n) is 2.15. The zero-order valence-corrected chi connectivity index (χ0v) is 9.07. The van der Waals surface area contributed by atoms with Crippen LogP contribution in [0.3, 0.4) is 0 Å². The molecule has 0 fully saturated rings. The number of alkyl halides is 2. The molecule has 0 aromatic heterocycles. The average molecular weight is 245 g/mol. The van der Waals surface area contributed by atoms with Gasteiger partial charge in [-0.2, -0.15) is 0 Å². The maximum absolute atomic E-state index is 12.7. The molecule has 0 saturated carbocycles. The summed E-state index contributed by atoms with van der Waals surface area (Å²) in [5, 5.41) is 10.7. The van der Waals surface area contributed by atoms with Gasteiger partial charge < -0.3 is 4.74 Å². The fraction of sp³-hybridized carbons (Fsp3) is 0.300. The molecule has 0 saturated heterocycles. The largest absolute Gasteiger partial charge is 0.497 e. The molecule has 5 nitrogen and oxygen atoms in total. The SMILES string of the molecule is COc1cc(C(C)=O)c([N+](=O)[O-])c(C(F)F)c1. The van der Waals surface area contributed by atoms with Crippen molar-refractivity contribution in [2.24, 2.45) is 0 Å². The topological polar surface area (TPSA) is 69.4 Å². The van der Waals surface area contributed by atoms with Crippen LogP contribution in [0.2, 0.25) is 0 Å². The highest BCUT2D eigenvalue weighted by Gasteiger charge is 2.29. The highest BCUT2D eigenvalue weighted by atomic mass is 19.3. The quantitative estimate of drug-likeness (QED) is 0.464. The number of nitro benzene ring substituents is 1. The highest BCUT2D eigenvalue weighted by Crippen LogP contribution is 2.35. The van der Waals surface area contributed by atoms with Crippen LogP contribution in [0.5, 0.6) is 5.75 Å². The molecule has 0 N–H and O–H groups in total. The van der Waals surface area contributed by atoms with E-state index < -0.39 is 28.4 Å². The Bertz CT molecular complexity index is 474. The van der Waals surface area contributed by atoms with Gasteiger partial charge in [0.05, 0.1) is 23.2 Å². The molecule has 0 amide bonds. The van der Waals surface area contributed by atoms with Gasteiger partial charge in [0.1, 0.15) is 5.75 Å². The number of halogens is 2. The van der Waals surface area contributed by atoms with Crippen molar-refractivity contribution < 1.29 is 23.2 Å². The second kappa shape index (κ2) is 4.86. The summed E-state index contributed by atoms with van der Waals surface area (Å²) in [6.07, 6.45) is -3.05. The van der Waals surface area contributed by atoms with Crippen molar-refractivity contribution in [2.75, 3.05) is 7.11 Å². The Kier molecular flexibility index (Phi) is 3.72. The lowest BCUT2D eigenvalue weighted by Gasteiger charge is -2.08. The average Bonchev–Trinajstić information content (AvgIpc) is 2.26. The molecule has 0 unspecified atom stereocenters. The first-order valence-electron chi connectivity index (χ1n) is 4.54. The number of ketones is 1. The maximum atomic E-state index is 12.7. The van der Waals surface area contributed by atoms with Crippen LogP contribution in [0.25, 0.3) is 0 Å². The first-order valence-corrected chi connectivity index (χ1v) is 4.54. The zero-order valence-electron chi connectivity index (χ0n) is 9.07. The molecule has 0 aliphatic rings. The van der Waals surface area contributed by atoms with Gasteiger partial charge in [-0.15, -0.1) is 0 Å². The molecular formula is C10H9F2NO4. The van der Waals surface area contributed by atoms with Crippen LogP contribution in [0.1, 0.15) is 29.3 Å². The Balaban J connectivity index is 3.61. The van der Waals surface area contributed by atoms with E-state index in [4.69, 9.17) is 4.74 Å². The van der Waals surface area contributed by atoms with Crippen LogP contribution in [0.15, 0.2) is 12.1 Å². The highest BCUT2D eigenvalue weighted by molar-refractivity contribution is 5.99. The summed E-state index contributed by atoms with van der Waals surface area (Å²) in [7, 11) is 1.22. The molecule has 0 aliphatic heterocycles. The lowest BCUT2D eigenvalue weighted by atomic mass is 10.0. The molecule has 0 atom stereocenters. The minimum Gasteiger partial charge on any atom is -0.497 e. The van der Waals surface area contributed by atoms with Gasteiger partial charge >= 0.3 is 0 Å². The number of hydrogen-bond acceptors (Lipinski definition) is 4. The zero-order chi connectivity index (χ0) is 13.2. The van der Waals surface area contributed by atoms with Gasteiger partial charge in [-0.05, 0) is 19.1 Å². The van der Waals surface area contributed by atoms with Crippen LogP contribution in [0, 0.1) is 10.1 Å². The number of ether oxygens (including phenoxy) is 1. The summed E-state index contributed by atoms with van der Waals surface area (Å²) in [6, 6.07) is 1.93. The summed E-state index contributed by atoms with van der Waals surface area (Å²) in [5.74, 6) is -0.686. The summed E-state index contributed by atoms with van der Waals surface area (Å²) in [5.41, 5.74) is -2.07. The van der Waals surface area contributed by atoms with Gasteiger partial charge in [0, 0.05) is 0 Å². The Morgan fingerprint density at radius 1 is 1.47 bits per heavy atom. The molecule has 0 aliphatic carbocycles. The fourth-order valence-electron chi connectivity index (χ4n) is 1.39. The van der Waals surface area contributed by atoms with Crippen molar-refractivity contribution >= 4 is 11.5 Å². The number of methoxy groups -OCH3 is 1. The summed E-state index contributed by atoms with van der Waals surface area (Å²) >= 11 is 0. The smallest absolute Gasteiger partial charge is 0.289 e. The van der Waals surface area contributed by atoms with Crippen LogP contribution >= 0.6 is 0 Å². The lowest BCUT2D eigenvalue weighted by Crippen LogP contribution is -2.05. The van der Waals surface area contributed by atoms with E-state index in [1.165, 1.54) is 7.11 Å². The van der Waals surface area contributed by atoms with Crippen molar-refractivity contribution in [3.05, 3.63) is 33.4 Å². The van der Waals surface area contributed by atoms with E-state index >= 15 is 0 Å². The van der Waals surface area contributed by atoms with E-state index in [0.717, 1.165) is 19.1 Å². The van der Waals surface area contributed by atoms with Gasteiger partial charge in [0.2, 0.25) is 0 Å². The van der Waals surface area contributed by atoms with E-state index in [2.05, 4.69) is 0 Å². The number of carbonyl (C=O) groups excluding carboxylic acids is 1. The first-order chi connectivity index (χ1) is 7.88. The number of nitrogens with zero attached hydrogens (tertiary/aromatic N) is 1. The third kappa shape index (κ3) is 2.55. The van der Waals surface area contributed by atoms with Crippen LogP contribution in [-0.4, -0.2) is 17.8 Å². The monoisotopic (exact) mass is 245 g/mol. The van der Waals surface area contributed by atoms with E-state index in [9.17, 15) is 23.7 Å². The maximum Gasteiger partial charge on any atom is 0.289 e.